The molecular weight excluding hydrogens is 360 g/mol. The van der Waals surface area contributed by atoms with Crippen molar-refractivity contribution < 1.29 is 19.5 Å². The molecule has 2 saturated heterocycles. The number of imide groups is 1. The highest BCUT2D eigenvalue weighted by atomic mass is 16.3. The molecule has 3 aliphatic rings. The maximum Gasteiger partial charge on any atom is 0.255 e. The van der Waals surface area contributed by atoms with Gasteiger partial charge in [-0.1, -0.05) is 12.1 Å². The van der Waals surface area contributed by atoms with Gasteiger partial charge in [0.2, 0.25) is 11.8 Å². The first-order valence-corrected chi connectivity index (χ1v) is 9.73. The fourth-order valence-electron chi connectivity index (χ4n) is 4.34. The summed E-state index contributed by atoms with van der Waals surface area (Å²) in [5.74, 6) is -0.813. The summed E-state index contributed by atoms with van der Waals surface area (Å²) in [4.78, 5) is 40.3. The van der Waals surface area contributed by atoms with E-state index in [1.165, 1.54) is 0 Å². The van der Waals surface area contributed by atoms with Crippen LogP contribution in [0.4, 0.5) is 0 Å². The molecule has 8 heteroatoms. The second kappa shape index (κ2) is 7.27. The maximum absolute atomic E-state index is 12.9. The third-order valence-corrected chi connectivity index (χ3v) is 5.90. The SMILES string of the molecule is CC1(CO)CN(Cc2ccc3c(c2)C(=O)N(C2CCC(=O)NC2=O)C3)CCN1. The van der Waals surface area contributed by atoms with Gasteiger partial charge < -0.3 is 15.3 Å². The third-order valence-electron chi connectivity index (χ3n) is 5.90. The molecule has 3 N–H and O–H groups in total. The molecule has 0 saturated carbocycles. The van der Waals surface area contributed by atoms with E-state index >= 15 is 0 Å². The predicted molar refractivity (Wildman–Crippen MR) is 101 cm³/mol. The average molecular weight is 386 g/mol. The van der Waals surface area contributed by atoms with Crippen LogP contribution in [0.15, 0.2) is 18.2 Å². The number of nitrogens with zero attached hydrogens (tertiary/aromatic N) is 2. The molecule has 1 aromatic carbocycles. The Morgan fingerprint density at radius 2 is 2.11 bits per heavy atom. The van der Waals surface area contributed by atoms with E-state index in [0.717, 1.165) is 30.8 Å². The summed E-state index contributed by atoms with van der Waals surface area (Å²) in [7, 11) is 0. The Kier molecular flexibility index (Phi) is 4.95. The van der Waals surface area contributed by atoms with Crippen molar-refractivity contribution in [2.45, 2.75) is 44.4 Å². The summed E-state index contributed by atoms with van der Waals surface area (Å²) in [5, 5.41) is 15.3. The van der Waals surface area contributed by atoms with Gasteiger partial charge in [0.15, 0.2) is 0 Å². The van der Waals surface area contributed by atoms with E-state index in [1.54, 1.807) is 4.90 Å². The van der Waals surface area contributed by atoms with E-state index in [4.69, 9.17) is 0 Å². The molecule has 0 radical (unpaired) electrons. The Labute approximate surface area is 163 Å². The van der Waals surface area contributed by atoms with Crippen LogP contribution in [0.5, 0.6) is 0 Å². The van der Waals surface area contributed by atoms with E-state index in [-0.39, 0.29) is 36.3 Å². The first-order valence-electron chi connectivity index (χ1n) is 9.73. The zero-order valence-electron chi connectivity index (χ0n) is 16.0. The number of fused-ring (bicyclic) bond motifs is 1. The molecule has 0 bridgehead atoms. The highest BCUT2D eigenvalue weighted by Gasteiger charge is 2.39. The lowest BCUT2D eigenvalue weighted by molar-refractivity contribution is -0.136. The third kappa shape index (κ3) is 3.55. The molecule has 1 aromatic rings. The normalized spacial score (nSPS) is 28.4. The summed E-state index contributed by atoms with van der Waals surface area (Å²) in [6.45, 7) is 5.60. The van der Waals surface area contributed by atoms with Gasteiger partial charge in [0.25, 0.3) is 5.91 Å². The largest absolute Gasteiger partial charge is 0.394 e. The van der Waals surface area contributed by atoms with Crippen molar-refractivity contribution in [3.8, 4) is 0 Å². The van der Waals surface area contributed by atoms with Gasteiger partial charge in [-0.25, -0.2) is 0 Å². The van der Waals surface area contributed by atoms with Crippen LogP contribution in [-0.2, 0) is 22.7 Å². The van der Waals surface area contributed by atoms with Gasteiger partial charge >= 0.3 is 0 Å². The molecular formula is C20H26N4O4. The molecule has 150 valence electrons. The topological polar surface area (TPSA) is 102 Å². The van der Waals surface area contributed by atoms with Crippen molar-refractivity contribution in [3.05, 3.63) is 34.9 Å². The number of benzene rings is 1. The van der Waals surface area contributed by atoms with Crippen LogP contribution in [0.25, 0.3) is 0 Å². The molecule has 2 fully saturated rings. The van der Waals surface area contributed by atoms with Gasteiger partial charge in [-0.05, 0) is 30.5 Å². The molecule has 3 aliphatic heterocycles. The molecule has 28 heavy (non-hydrogen) atoms. The number of amides is 3. The molecule has 3 heterocycles. The lowest BCUT2D eigenvalue weighted by atomic mass is 9.99. The minimum atomic E-state index is -0.584. The number of rotatable bonds is 4. The second-order valence-corrected chi connectivity index (χ2v) is 8.25. The molecule has 2 unspecified atom stereocenters. The second-order valence-electron chi connectivity index (χ2n) is 8.25. The fourth-order valence-corrected chi connectivity index (χ4v) is 4.34. The van der Waals surface area contributed by atoms with Crippen molar-refractivity contribution >= 4 is 17.7 Å². The van der Waals surface area contributed by atoms with Gasteiger partial charge in [-0.15, -0.1) is 0 Å². The predicted octanol–water partition coefficient (Wildman–Crippen LogP) is -0.396. The monoisotopic (exact) mass is 386 g/mol. The Bertz CT molecular complexity index is 826. The van der Waals surface area contributed by atoms with Crippen LogP contribution < -0.4 is 10.6 Å². The summed E-state index contributed by atoms with van der Waals surface area (Å²) in [6.07, 6.45) is 0.631. The minimum Gasteiger partial charge on any atom is -0.394 e. The van der Waals surface area contributed by atoms with Gasteiger partial charge in [0.05, 0.1) is 12.1 Å². The lowest BCUT2D eigenvalue weighted by Gasteiger charge is -2.40. The zero-order valence-corrected chi connectivity index (χ0v) is 16.0. The Hall–Kier alpha value is -2.29. The van der Waals surface area contributed by atoms with E-state index in [2.05, 4.69) is 15.5 Å². The van der Waals surface area contributed by atoms with E-state index in [1.807, 2.05) is 25.1 Å². The fraction of sp³-hybridized carbons (Fsp3) is 0.550. The molecule has 0 spiro atoms. The van der Waals surface area contributed by atoms with Crippen LogP contribution in [0.1, 0.15) is 41.3 Å². The molecule has 0 aromatic heterocycles. The number of piperidine rings is 1. The number of nitrogens with one attached hydrogen (secondary N) is 2. The minimum absolute atomic E-state index is 0.0765. The molecule has 8 nitrogen and oxygen atoms in total. The molecule has 3 amide bonds. The Morgan fingerprint density at radius 3 is 2.86 bits per heavy atom. The van der Waals surface area contributed by atoms with Crippen LogP contribution in [0.2, 0.25) is 0 Å². The maximum atomic E-state index is 12.9. The molecule has 4 rings (SSSR count). The standard InChI is InChI=1S/C20H26N4O4/c1-20(12-25)11-23(7-6-21-20)9-13-2-3-14-10-24(19(28)15(14)8-13)16-4-5-17(26)22-18(16)27/h2-3,8,16,21,25H,4-7,9-12H2,1H3,(H,22,26,27). The zero-order chi connectivity index (χ0) is 19.9. The van der Waals surface area contributed by atoms with Gasteiger partial charge in [-0.2, -0.15) is 0 Å². The summed E-state index contributed by atoms with van der Waals surface area (Å²) in [6, 6.07) is 5.32. The Balaban J connectivity index is 1.47. The van der Waals surface area contributed by atoms with Crippen LogP contribution in [0, 0.1) is 0 Å². The molecule has 2 atom stereocenters. The van der Waals surface area contributed by atoms with Gasteiger partial charge in [0.1, 0.15) is 6.04 Å². The van der Waals surface area contributed by atoms with Gasteiger partial charge in [-0.3, -0.25) is 24.6 Å². The van der Waals surface area contributed by atoms with E-state index < -0.39 is 6.04 Å². The van der Waals surface area contributed by atoms with Crippen LogP contribution >= 0.6 is 0 Å². The van der Waals surface area contributed by atoms with E-state index in [0.29, 0.717) is 25.1 Å². The van der Waals surface area contributed by atoms with Crippen molar-refractivity contribution in [1.29, 1.82) is 0 Å². The number of aliphatic hydroxyl groups is 1. The number of hydrogen-bond acceptors (Lipinski definition) is 6. The average Bonchev–Trinajstić information content (AvgIpc) is 2.98. The number of piperazine rings is 1. The smallest absolute Gasteiger partial charge is 0.255 e. The summed E-state index contributed by atoms with van der Waals surface area (Å²) in [5.41, 5.74) is 2.29. The first-order chi connectivity index (χ1) is 13.4. The van der Waals surface area contributed by atoms with Crippen molar-refractivity contribution in [2.75, 3.05) is 26.2 Å². The highest BCUT2D eigenvalue weighted by Crippen LogP contribution is 2.28. The highest BCUT2D eigenvalue weighted by molar-refractivity contribution is 6.05. The summed E-state index contributed by atoms with van der Waals surface area (Å²) >= 11 is 0. The number of carbonyl (C=O) groups is 3. The number of carbonyl (C=O) groups excluding carboxylic acids is 3. The van der Waals surface area contributed by atoms with Crippen molar-refractivity contribution in [2.24, 2.45) is 0 Å². The molecule has 0 aliphatic carbocycles. The lowest BCUT2D eigenvalue weighted by Crippen LogP contribution is -2.60. The van der Waals surface area contributed by atoms with Gasteiger partial charge in [0, 0.05) is 44.7 Å². The Morgan fingerprint density at radius 1 is 1.29 bits per heavy atom. The van der Waals surface area contributed by atoms with E-state index in [9.17, 15) is 19.5 Å². The van der Waals surface area contributed by atoms with Crippen LogP contribution in [0.3, 0.4) is 0 Å². The first kappa shape index (κ1) is 19.0. The number of aliphatic hydroxyl groups excluding tert-OH is 1. The summed E-state index contributed by atoms with van der Waals surface area (Å²) < 4.78 is 0. The number of hydrogen-bond donors (Lipinski definition) is 3. The van der Waals surface area contributed by atoms with Crippen molar-refractivity contribution in [3.63, 3.8) is 0 Å². The quantitative estimate of drug-likeness (QED) is 0.609. The van der Waals surface area contributed by atoms with Crippen molar-refractivity contribution in [1.82, 2.24) is 20.4 Å². The van der Waals surface area contributed by atoms with Crippen LogP contribution in [-0.4, -0.2) is 70.4 Å².